The van der Waals surface area contributed by atoms with E-state index in [1.165, 1.54) is 17.5 Å². The summed E-state index contributed by atoms with van der Waals surface area (Å²) in [6.07, 6.45) is -0.318. The minimum atomic E-state index is -1.39. The lowest BCUT2D eigenvalue weighted by Gasteiger charge is -2.05. The Morgan fingerprint density at radius 2 is 2.00 bits per heavy atom. The Labute approximate surface area is 138 Å². The second-order valence-electron chi connectivity index (χ2n) is 4.18. The summed E-state index contributed by atoms with van der Waals surface area (Å²) in [6, 6.07) is 4.38. The first kappa shape index (κ1) is 16.9. The molecule has 0 unspecified atom stereocenters. The average Bonchev–Trinajstić information content (AvgIpc) is 2.91. The molecule has 0 saturated heterocycles. The smallest absolute Gasteiger partial charge is 0.236 e. The number of carboxylic acid groups (broad SMARTS) is 2. The minimum absolute atomic E-state index is 0.00109. The molecule has 8 nitrogen and oxygen atoms in total. The lowest BCUT2D eigenvalue weighted by molar-refractivity contribution is -0.304. The van der Waals surface area contributed by atoms with E-state index < -0.39 is 11.9 Å². The van der Waals surface area contributed by atoms with Gasteiger partial charge < -0.3 is 25.1 Å². The van der Waals surface area contributed by atoms with Crippen LogP contribution < -0.4 is 15.5 Å². The quantitative estimate of drug-likeness (QED) is 0.623. The van der Waals surface area contributed by atoms with Gasteiger partial charge in [-0.15, -0.1) is 11.3 Å². The van der Waals surface area contributed by atoms with Crippen LogP contribution in [0.1, 0.15) is 16.2 Å². The van der Waals surface area contributed by atoms with Crippen molar-refractivity contribution in [3.63, 3.8) is 0 Å². The van der Waals surface area contributed by atoms with Gasteiger partial charge in [0.25, 0.3) is 0 Å². The molecule has 120 valence electrons. The van der Waals surface area contributed by atoms with E-state index in [2.05, 4.69) is 15.3 Å². The van der Waals surface area contributed by atoms with E-state index in [4.69, 9.17) is 0 Å². The first-order chi connectivity index (χ1) is 10.9. The van der Waals surface area contributed by atoms with Gasteiger partial charge >= 0.3 is 0 Å². The van der Waals surface area contributed by atoms with Crippen LogP contribution in [0.15, 0.2) is 28.6 Å². The largest absolute Gasteiger partial charge is 0.550 e. The molecule has 0 aliphatic carbocycles. The highest BCUT2D eigenvalue weighted by Gasteiger charge is 2.08. The number of aromatic carboxylic acids is 1. The fraction of sp³-hybridized carbons (Fsp3) is 0.154. The van der Waals surface area contributed by atoms with Gasteiger partial charge in [0, 0.05) is 17.8 Å². The van der Waals surface area contributed by atoms with Gasteiger partial charge in [-0.25, -0.2) is 9.97 Å². The number of carbonyl (C=O) groups is 3. The van der Waals surface area contributed by atoms with Crippen LogP contribution in [0.4, 0.5) is 5.13 Å². The fourth-order valence-electron chi connectivity index (χ4n) is 1.50. The molecule has 2 aromatic heterocycles. The van der Waals surface area contributed by atoms with Gasteiger partial charge in [0.15, 0.2) is 5.13 Å². The molecule has 0 bridgehead atoms. The first-order valence-corrected chi connectivity index (χ1v) is 8.06. The van der Waals surface area contributed by atoms with Gasteiger partial charge in [0.05, 0.1) is 28.1 Å². The molecule has 1 amide bonds. The number of thiazole rings is 1. The number of hydrogen-bond acceptors (Lipinski definition) is 9. The number of aliphatic carboxylic acids is 1. The summed E-state index contributed by atoms with van der Waals surface area (Å²) in [5, 5.41) is 25.8. The maximum absolute atomic E-state index is 11.8. The summed E-state index contributed by atoms with van der Waals surface area (Å²) in [6.45, 7) is 0. The summed E-state index contributed by atoms with van der Waals surface area (Å²) in [5.74, 6) is -3.01. The summed E-state index contributed by atoms with van der Waals surface area (Å²) >= 11 is 2.16. The van der Waals surface area contributed by atoms with E-state index in [-0.39, 0.29) is 28.9 Å². The van der Waals surface area contributed by atoms with Crippen LogP contribution in [0.3, 0.4) is 0 Å². The minimum Gasteiger partial charge on any atom is -0.550 e. The molecule has 0 atom stereocenters. The molecule has 0 aromatic carbocycles. The molecule has 0 fully saturated rings. The molecule has 0 spiro atoms. The van der Waals surface area contributed by atoms with Crippen molar-refractivity contribution in [3.8, 4) is 0 Å². The van der Waals surface area contributed by atoms with Gasteiger partial charge in [0.1, 0.15) is 0 Å². The first-order valence-electron chi connectivity index (χ1n) is 6.19. The molecule has 2 aromatic rings. The fourth-order valence-corrected chi connectivity index (χ4v) is 2.91. The molecule has 0 aliphatic rings. The van der Waals surface area contributed by atoms with Crippen molar-refractivity contribution in [1.29, 1.82) is 0 Å². The number of nitrogens with one attached hydrogen (secondary N) is 1. The molecule has 2 rings (SSSR count). The predicted octanol–water partition coefficient (Wildman–Crippen LogP) is -1.08. The average molecular weight is 351 g/mol. The van der Waals surface area contributed by atoms with E-state index >= 15 is 0 Å². The molecular weight excluding hydrogens is 342 g/mol. The summed E-state index contributed by atoms with van der Waals surface area (Å²) in [7, 11) is 0. The van der Waals surface area contributed by atoms with Gasteiger partial charge in [-0.3, -0.25) is 4.79 Å². The van der Waals surface area contributed by atoms with E-state index in [0.717, 1.165) is 23.1 Å². The van der Waals surface area contributed by atoms with E-state index in [1.54, 1.807) is 6.07 Å². The van der Waals surface area contributed by atoms with Crippen molar-refractivity contribution in [2.24, 2.45) is 0 Å². The van der Waals surface area contributed by atoms with Crippen molar-refractivity contribution in [2.45, 2.75) is 11.4 Å². The Hall–Kier alpha value is -2.46. The van der Waals surface area contributed by atoms with Crippen LogP contribution in [-0.4, -0.2) is 33.6 Å². The summed E-state index contributed by atoms with van der Waals surface area (Å²) in [4.78, 5) is 40.7. The van der Waals surface area contributed by atoms with Gasteiger partial charge in [-0.1, -0.05) is 17.8 Å². The Morgan fingerprint density at radius 1 is 1.22 bits per heavy atom. The van der Waals surface area contributed by atoms with E-state index in [9.17, 15) is 24.6 Å². The third-order valence-electron chi connectivity index (χ3n) is 2.41. The second kappa shape index (κ2) is 7.70. The van der Waals surface area contributed by atoms with Crippen LogP contribution in [0.25, 0.3) is 0 Å². The van der Waals surface area contributed by atoms with Crippen molar-refractivity contribution >= 4 is 46.1 Å². The molecular formula is C13H9N3O5S2-2. The third-order valence-corrected chi connectivity index (χ3v) is 4.14. The summed E-state index contributed by atoms with van der Waals surface area (Å²) in [5.41, 5.74) is 0.100. The Kier molecular flexibility index (Phi) is 5.66. The SMILES string of the molecule is O=C([O-])Cc1csc(NC(=O)CSc2cccc(C(=O)[O-])n2)n1. The maximum atomic E-state index is 11.8. The predicted molar refractivity (Wildman–Crippen MR) is 78.7 cm³/mol. The Balaban J connectivity index is 1.87. The van der Waals surface area contributed by atoms with E-state index in [1.807, 2.05) is 0 Å². The van der Waals surface area contributed by atoms with Crippen molar-refractivity contribution in [2.75, 3.05) is 11.1 Å². The van der Waals surface area contributed by atoms with Gasteiger partial charge in [0.2, 0.25) is 5.91 Å². The lowest BCUT2D eigenvalue weighted by atomic mass is 10.3. The van der Waals surface area contributed by atoms with Crippen molar-refractivity contribution in [3.05, 3.63) is 35.0 Å². The maximum Gasteiger partial charge on any atom is 0.236 e. The van der Waals surface area contributed by atoms with Crippen LogP contribution in [-0.2, 0) is 16.0 Å². The molecule has 10 heteroatoms. The zero-order chi connectivity index (χ0) is 16.8. The standard InChI is InChI=1S/C13H11N3O5S2/c17-9(16-13-14-7(5-23-13)4-11(18)19)6-22-10-3-1-2-8(15-10)12(20)21/h1-3,5H,4,6H2,(H,18,19)(H,20,21)(H,14,16,17)/p-2. The number of carbonyl (C=O) groups excluding carboxylic acids is 3. The number of hydrogen-bond donors (Lipinski definition) is 1. The zero-order valence-electron chi connectivity index (χ0n) is 11.5. The molecule has 0 saturated carbocycles. The van der Waals surface area contributed by atoms with Crippen LogP contribution in [0, 0.1) is 0 Å². The Morgan fingerprint density at radius 3 is 2.70 bits per heavy atom. The van der Waals surface area contributed by atoms with E-state index in [0.29, 0.717) is 10.7 Å². The second-order valence-corrected chi connectivity index (χ2v) is 6.03. The lowest BCUT2D eigenvalue weighted by Crippen LogP contribution is -2.24. The number of aromatic nitrogens is 2. The number of carboxylic acids is 2. The van der Waals surface area contributed by atoms with Crippen LogP contribution in [0.2, 0.25) is 0 Å². The highest BCUT2D eigenvalue weighted by atomic mass is 32.2. The molecule has 23 heavy (non-hydrogen) atoms. The number of pyridine rings is 1. The van der Waals surface area contributed by atoms with Gasteiger partial charge in [-0.05, 0) is 12.1 Å². The molecule has 0 aliphatic heterocycles. The number of amides is 1. The molecule has 1 N–H and O–H groups in total. The monoisotopic (exact) mass is 351 g/mol. The number of rotatable bonds is 7. The highest BCUT2D eigenvalue weighted by molar-refractivity contribution is 7.99. The Bertz CT molecular complexity index is 747. The van der Waals surface area contributed by atoms with Crippen LogP contribution >= 0.6 is 23.1 Å². The molecule has 0 radical (unpaired) electrons. The van der Waals surface area contributed by atoms with Crippen molar-refractivity contribution < 1.29 is 24.6 Å². The van der Waals surface area contributed by atoms with Crippen LogP contribution in [0.5, 0.6) is 0 Å². The summed E-state index contributed by atoms with van der Waals surface area (Å²) < 4.78 is 0. The molecule has 2 heterocycles. The number of anilines is 1. The zero-order valence-corrected chi connectivity index (χ0v) is 13.1. The topological polar surface area (TPSA) is 135 Å². The number of nitrogens with zero attached hydrogens (tertiary/aromatic N) is 2. The number of thioether (sulfide) groups is 1. The normalized spacial score (nSPS) is 10.3. The highest BCUT2D eigenvalue weighted by Crippen LogP contribution is 2.18. The van der Waals surface area contributed by atoms with Gasteiger partial charge in [-0.2, -0.15) is 0 Å². The third kappa shape index (κ3) is 5.34. The van der Waals surface area contributed by atoms with Crippen molar-refractivity contribution in [1.82, 2.24) is 9.97 Å².